The maximum atomic E-state index is 13.3. The van der Waals surface area contributed by atoms with E-state index in [4.69, 9.17) is 11.6 Å². The maximum absolute atomic E-state index is 13.3. The summed E-state index contributed by atoms with van der Waals surface area (Å²) >= 11 is 5.64. The Balaban J connectivity index is 2.20. The average molecular weight is 279 g/mol. The van der Waals surface area contributed by atoms with Crippen molar-refractivity contribution in [1.29, 1.82) is 0 Å². The van der Waals surface area contributed by atoms with Crippen LogP contribution < -0.4 is 0 Å². The summed E-state index contributed by atoms with van der Waals surface area (Å²) in [5, 5.41) is 10.3. The lowest BCUT2D eigenvalue weighted by Crippen LogP contribution is -2.03. The van der Waals surface area contributed by atoms with Crippen LogP contribution in [0.1, 0.15) is 28.4 Å². The van der Waals surface area contributed by atoms with Crippen molar-refractivity contribution in [2.75, 3.05) is 0 Å². The largest absolute Gasteiger partial charge is 0.388 e. The molecule has 1 atom stereocenters. The Morgan fingerprint density at radius 2 is 1.74 bits per heavy atom. The van der Waals surface area contributed by atoms with Gasteiger partial charge in [0, 0.05) is 6.42 Å². The molecular formula is C16H16ClFO. The van der Waals surface area contributed by atoms with Crippen LogP contribution in [0.4, 0.5) is 4.39 Å². The SMILES string of the molecule is Cc1cc(C)cc(C(O)Cc2ccc(Cl)c(F)c2)c1. The number of aryl methyl sites for hydroxylation is 2. The third-order valence-electron chi connectivity index (χ3n) is 3.04. The summed E-state index contributed by atoms with van der Waals surface area (Å²) in [6, 6.07) is 10.6. The molecule has 0 aliphatic carbocycles. The molecule has 0 fully saturated rings. The number of hydrogen-bond donors (Lipinski definition) is 1. The minimum absolute atomic E-state index is 0.102. The smallest absolute Gasteiger partial charge is 0.142 e. The van der Waals surface area contributed by atoms with Crippen LogP contribution in [0.5, 0.6) is 0 Å². The number of hydrogen-bond acceptors (Lipinski definition) is 1. The van der Waals surface area contributed by atoms with E-state index in [1.807, 2.05) is 26.0 Å². The van der Waals surface area contributed by atoms with Crippen LogP contribution in [0.25, 0.3) is 0 Å². The van der Waals surface area contributed by atoms with Gasteiger partial charge in [0.15, 0.2) is 0 Å². The molecule has 0 heterocycles. The summed E-state index contributed by atoms with van der Waals surface area (Å²) in [4.78, 5) is 0. The second-order valence-corrected chi connectivity index (χ2v) is 5.30. The molecule has 0 saturated heterocycles. The first-order valence-corrected chi connectivity index (χ1v) is 6.53. The van der Waals surface area contributed by atoms with Gasteiger partial charge in [-0.15, -0.1) is 0 Å². The third-order valence-corrected chi connectivity index (χ3v) is 3.35. The second-order valence-electron chi connectivity index (χ2n) is 4.89. The lowest BCUT2D eigenvalue weighted by atomic mass is 9.98. The van der Waals surface area contributed by atoms with E-state index in [1.54, 1.807) is 6.07 Å². The fraction of sp³-hybridized carbons (Fsp3) is 0.250. The fourth-order valence-corrected chi connectivity index (χ4v) is 2.33. The van der Waals surface area contributed by atoms with Crippen molar-refractivity contribution in [2.45, 2.75) is 26.4 Å². The van der Waals surface area contributed by atoms with Crippen molar-refractivity contribution < 1.29 is 9.50 Å². The second kappa shape index (κ2) is 5.72. The van der Waals surface area contributed by atoms with Crippen LogP contribution in [0, 0.1) is 19.7 Å². The predicted molar refractivity (Wildman–Crippen MR) is 76.0 cm³/mol. The molecule has 1 unspecified atom stereocenters. The summed E-state index contributed by atoms with van der Waals surface area (Å²) in [6.07, 6.45) is -0.268. The van der Waals surface area contributed by atoms with Crippen LogP contribution >= 0.6 is 11.6 Å². The standard InChI is InChI=1S/C16H16ClFO/c1-10-5-11(2)7-13(6-10)16(19)9-12-3-4-14(17)15(18)8-12/h3-8,16,19H,9H2,1-2H3. The van der Waals surface area contributed by atoms with Crippen molar-refractivity contribution in [3.63, 3.8) is 0 Å². The van der Waals surface area contributed by atoms with Gasteiger partial charge in [-0.1, -0.05) is 47.0 Å². The Labute approximate surface area is 117 Å². The predicted octanol–water partition coefficient (Wildman–Crippen LogP) is 4.37. The van der Waals surface area contributed by atoms with Crippen LogP contribution in [0.2, 0.25) is 5.02 Å². The number of benzene rings is 2. The van der Waals surface area contributed by atoms with Crippen molar-refractivity contribution >= 4 is 11.6 Å². The molecule has 0 amide bonds. The molecule has 19 heavy (non-hydrogen) atoms. The minimum Gasteiger partial charge on any atom is -0.388 e. The van der Waals surface area contributed by atoms with E-state index in [0.29, 0.717) is 6.42 Å². The Kier molecular flexibility index (Phi) is 4.23. The summed E-state index contributed by atoms with van der Waals surface area (Å²) in [5.41, 5.74) is 3.80. The topological polar surface area (TPSA) is 20.2 Å². The first-order chi connectivity index (χ1) is 8.95. The highest BCUT2D eigenvalue weighted by Crippen LogP contribution is 2.23. The zero-order chi connectivity index (χ0) is 14.0. The van der Waals surface area contributed by atoms with Gasteiger partial charge in [-0.25, -0.2) is 4.39 Å². The van der Waals surface area contributed by atoms with Crippen LogP contribution in [0.15, 0.2) is 36.4 Å². The van der Waals surface area contributed by atoms with Crippen LogP contribution in [-0.2, 0) is 6.42 Å². The fourth-order valence-electron chi connectivity index (χ4n) is 2.21. The zero-order valence-corrected chi connectivity index (χ0v) is 11.7. The van der Waals surface area contributed by atoms with E-state index < -0.39 is 11.9 Å². The Morgan fingerprint density at radius 1 is 1.11 bits per heavy atom. The highest BCUT2D eigenvalue weighted by molar-refractivity contribution is 6.30. The van der Waals surface area contributed by atoms with Gasteiger partial charge in [-0.2, -0.15) is 0 Å². The lowest BCUT2D eigenvalue weighted by Gasteiger charge is -2.13. The summed E-state index contributed by atoms with van der Waals surface area (Å²) in [6.45, 7) is 3.98. The molecule has 2 rings (SSSR count). The van der Waals surface area contributed by atoms with E-state index in [-0.39, 0.29) is 5.02 Å². The Morgan fingerprint density at radius 3 is 2.32 bits per heavy atom. The van der Waals surface area contributed by atoms with Gasteiger partial charge in [0.1, 0.15) is 5.82 Å². The molecule has 0 aliphatic rings. The van der Waals surface area contributed by atoms with E-state index in [0.717, 1.165) is 22.3 Å². The van der Waals surface area contributed by atoms with E-state index in [1.165, 1.54) is 12.1 Å². The highest BCUT2D eigenvalue weighted by atomic mass is 35.5. The van der Waals surface area contributed by atoms with Crippen molar-refractivity contribution in [1.82, 2.24) is 0 Å². The van der Waals surface area contributed by atoms with E-state index in [2.05, 4.69) is 6.07 Å². The first-order valence-electron chi connectivity index (χ1n) is 6.16. The van der Waals surface area contributed by atoms with Gasteiger partial charge in [0.2, 0.25) is 0 Å². The Bertz CT molecular complexity index is 575. The number of rotatable bonds is 3. The first kappa shape index (κ1) is 14.0. The third kappa shape index (κ3) is 3.55. The van der Waals surface area contributed by atoms with Crippen LogP contribution in [-0.4, -0.2) is 5.11 Å². The molecule has 100 valence electrons. The molecule has 2 aromatic carbocycles. The maximum Gasteiger partial charge on any atom is 0.142 e. The van der Waals surface area contributed by atoms with Gasteiger partial charge in [0.05, 0.1) is 11.1 Å². The quantitative estimate of drug-likeness (QED) is 0.884. The molecule has 0 aliphatic heterocycles. The summed E-state index contributed by atoms with van der Waals surface area (Å²) < 4.78 is 13.3. The summed E-state index contributed by atoms with van der Waals surface area (Å²) in [7, 11) is 0. The normalized spacial score (nSPS) is 12.5. The molecule has 1 N–H and O–H groups in total. The lowest BCUT2D eigenvalue weighted by molar-refractivity contribution is 0.178. The van der Waals surface area contributed by atoms with E-state index >= 15 is 0 Å². The highest BCUT2D eigenvalue weighted by Gasteiger charge is 2.11. The number of aliphatic hydroxyl groups is 1. The molecule has 3 heteroatoms. The average Bonchev–Trinajstić information content (AvgIpc) is 2.32. The van der Waals surface area contributed by atoms with Crippen LogP contribution in [0.3, 0.4) is 0 Å². The molecular weight excluding hydrogens is 263 g/mol. The minimum atomic E-state index is -0.640. The number of halogens is 2. The molecule has 1 nitrogen and oxygen atoms in total. The summed E-state index contributed by atoms with van der Waals surface area (Å²) in [5.74, 6) is -0.452. The van der Waals surface area contributed by atoms with Gasteiger partial charge in [-0.3, -0.25) is 0 Å². The molecule has 0 aromatic heterocycles. The molecule has 0 spiro atoms. The monoisotopic (exact) mass is 278 g/mol. The van der Waals surface area contributed by atoms with Gasteiger partial charge >= 0.3 is 0 Å². The van der Waals surface area contributed by atoms with Crippen molar-refractivity contribution in [2.24, 2.45) is 0 Å². The van der Waals surface area contributed by atoms with Gasteiger partial charge in [-0.05, 0) is 37.1 Å². The molecule has 0 bridgehead atoms. The van der Waals surface area contributed by atoms with Gasteiger partial charge < -0.3 is 5.11 Å². The van der Waals surface area contributed by atoms with Crippen molar-refractivity contribution in [3.05, 3.63) is 69.5 Å². The van der Waals surface area contributed by atoms with E-state index in [9.17, 15) is 9.50 Å². The number of aliphatic hydroxyl groups excluding tert-OH is 1. The zero-order valence-electron chi connectivity index (χ0n) is 11.0. The molecule has 2 aromatic rings. The van der Waals surface area contributed by atoms with Gasteiger partial charge in [0.25, 0.3) is 0 Å². The van der Waals surface area contributed by atoms with Crippen molar-refractivity contribution in [3.8, 4) is 0 Å². The molecule has 0 saturated carbocycles. The molecule has 0 radical (unpaired) electrons. The Hall–Kier alpha value is -1.38.